The van der Waals surface area contributed by atoms with Crippen LogP contribution >= 0.6 is 0 Å². The molecule has 108 valence electrons. The highest BCUT2D eigenvalue weighted by Gasteiger charge is 2.30. The predicted octanol–water partition coefficient (Wildman–Crippen LogP) is 3.98. The fourth-order valence-electron chi connectivity index (χ4n) is 1.89. The van der Waals surface area contributed by atoms with E-state index in [0.717, 1.165) is 5.52 Å². The molecule has 0 amide bonds. The van der Waals surface area contributed by atoms with Crippen molar-refractivity contribution < 1.29 is 17.9 Å². The van der Waals surface area contributed by atoms with Crippen LogP contribution in [0.5, 0.6) is 5.75 Å². The zero-order valence-electron chi connectivity index (χ0n) is 10.6. The number of ether oxygens (including phenoxy) is 1. The van der Waals surface area contributed by atoms with Crippen LogP contribution in [0.1, 0.15) is 0 Å². The van der Waals surface area contributed by atoms with E-state index in [2.05, 4.69) is 15.0 Å². The van der Waals surface area contributed by atoms with Gasteiger partial charge in [-0.1, -0.05) is 0 Å². The molecule has 21 heavy (non-hydrogen) atoms. The minimum absolute atomic E-state index is 0.261. The molecule has 0 bridgehead atoms. The van der Waals surface area contributed by atoms with Crippen molar-refractivity contribution >= 4 is 17.0 Å². The second-order valence-corrected chi connectivity index (χ2v) is 4.31. The third-order valence-electron chi connectivity index (χ3n) is 2.78. The molecule has 1 aromatic carbocycles. The van der Waals surface area contributed by atoms with E-state index in [1.54, 1.807) is 6.33 Å². The van der Waals surface area contributed by atoms with Gasteiger partial charge in [0.1, 0.15) is 17.9 Å². The monoisotopic (exact) mass is 293 g/mol. The Bertz CT molecular complexity index is 750. The molecule has 0 saturated heterocycles. The number of anilines is 2. The highest BCUT2D eigenvalue weighted by atomic mass is 19.4. The van der Waals surface area contributed by atoms with E-state index in [1.165, 1.54) is 24.3 Å². The van der Waals surface area contributed by atoms with Crippen LogP contribution in [0.15, 0.2) is 55.0 Å². The zero-order chi connectivity index (χ0) is 14.9. The molecule has 3 rings (SSSR count). The fourth-order valence-corrected chi connectivity index (χ4v) is 1.89. The molecular formula is C14H10F3N3O. The summed E-state index contributed by atoms with van der Waals surface area (Å²) >= 11 is 0. The Hall–Kier alpha value is -2.70. The van der Waals surface area contributed by atoms with Gasteiger partial charge in [-0.2, -0.15) is 0 Å². The van der Waals surface area contributed by atoms with Crippen LogP contribution in [0.2, 0.25) is 0 Å². The summed E-state index contributed by atoms with van der Waals surface area (Å²) in [4.78, 5) is 4.20. The topological polar surface area (TPSA) is 38.6 Å². The lowest BCUT2D eigenvalue weighted by atomic mass is 10.3. The third kappa shape index (κ3) is 3.25. The molecule has 0 aliphatic heterocycles. The minimum Gasteiger partial charge on any atom is -0.406 e. The van der Waals surface area contributed by atoms with E-state index in [9.17, 15) is 13.2 Å². The first kappa shape index (κ1) is 13.3. The lowest BCUT2D eigenvalue weighted by Crippen LogP contribution is -2.16. The van der Waals surface area contributed by atoms with Crippen LogP contribution in [0.4, 0.5) is 24.7 Å². The first-order valence-corrected chi connectivity index (χ1v) is 6.05. The van der Waals surface area contributed by atoms with Crippen LogP contribution < -0.4 is 10.1 Å². The Morgan fingerprint density at radius 3 is 2.57 bits per heavy atom. The second-order valence-electron chi connectivity index (χ2n) is 4.31. The molecule has 0 atom stereocenters. The quantitative estimate of drug-likeness (QED) is 0.794. The maximum atomic E-state index is 12.1. The van der Waals surface area contributed by atoms with Gasteiger partial charge in [0, 0.05) is 18.0 Å². The van der Waals surface area contributed by atoms with Crippen molar-refractivity contribution in [1.29, 1.82) is 0 Å². The van der Waals surface area contributed by atoms with Crippen molar-refractivity contribution in [3.63, 3.8) is 0 Å². The number of nitrogens with one attached hydrogen (secondary N) is 1. The summed E-state index contributed by atoms with van der Waals surface area (Å²) in [6.45, 7) is 0. The molecule has 0 unspecified atom stereocenters. The van der Waals surface area contributed by atoms with Gasteiger partial charge < -0.3 is 14.5 Å². The number of nitrogens with zero attached hydrogens (tertiary/aromatic N) is 2. The van der Waals surface area contributed by atoms with E-state index >= 15 is 0 Å². The molecule has 0 fully saturated rings. The van der Waals surface area contributed by atoms with Crippen LogP contribution in [0, 0.1) is 0 Å². The van der Waals surface area contributed by atoms with Crippen molar-refractivity contribution in [2.45, 2.75) is 6.36 Å². The lowest BCUT2D eigenvalue weighted by Gasteiger charge is -2.10. The first-order valence-electron chi connectivity index (χ1n) is 6.05. The molecule has 3 aromatic rings. The smallest absolute Gasteiger partial charge is 0.406 e. The Morgan fingerprint density at radius 1 is 1.10 bits per heavy atom. The molecule has 2 aromatic heterocycles. The molecular weight excluding hydrogens is 283 g/mol. The lowest BCUT2D eigenvalue weighted by molar-refractivity contribution is -0.274. The largest absolute Gasteiger partial charge is 0.573 e. The van der Waals surface area contributed by atoms with Gasteiger partial charge in [0.25, 0.3) is 0 Å². The number of rotatable bonds is 3. The van der Waals surface area contributed by atoms with Crippen molar-refractivity contribution in [3.8, 4) is 5.75 Å². The van der Waals surface area contributed by atoms with E-state index in [0.29, 0.717) is 11.5 Å². The Kier molecular flexibility index (Phi) is 3.17. The standard InChI is InChI=1S/C14H10F3N3O/c15-14(16,17)21-12-5-3-10(4-6-12)19-13-8-11-2-1-7-20(11)9-18-13/h1-9,19H. The van der Waals surface area contributed by atoms with Gasteiger partial charge in [-0.25, -0.2) is 4.98 Å². The van der Waals surface area contributed by atoms with Gasteiger partial charge in [0.15, 0.2) is 0 Å². The van der Waals surface area contributed by atoms with Crippen LogP contribution in [-0.2, 0) is 0 Å². The maximum absolute atomic E-state index is 12.1. The predicted molar refractivity (Wildman–Crippen MR) is 71.6 cm³/mol. The van der Waals surface area contributed by atoms with Gasteiger partial charge in [0.2, 0.25) is 0 Å². The van der Waals surface area contributed by atoms with Crippen LogP contribution in [0.3, 0.4) is 0 Å². The normalized spacial score (nSPS) is 11.6. The summed E-state index contributed by atoms with van der Waals surface area (Å²) in [5.41, 5.74) is 1.58. The van der Waals surface area contributed by atoms with Crippen molar-refractivity contribution in [1.82, 2.24) is 9.38 Å². The summed E-state index contributed by atoms with van der Waals surface area (Å²) in [7, 11) is 0. The van der Waals surface area contributed by atoms with Crippen molar-refractivity contribution in [3.05, 3.63) is 55.0 Å². The van der Waals surface area contributed by atoms with E-state index in [-0.39, 0.29) is 5.75 Å². The van der Waals surface area contributed by atoms with Gasteiger partial charge >= 0.3 is 6.36 Å². The van der Waals surface area contributed by atoms with E-state index in [4.69, 9.17) is 0 Å². The summed E-state index contributed by atoms with van der Waals surface area (Å²) in [6.07, 6.45) is -1.16. The Labute approximate surface area is 117 Å². The zero-order valence-corrected chi connectivity index (χ0v) is 10.6. The molecule has 0 saturated carbocycles. The van der Waals surface area contributed by atoms with Gasteiger partial charge in [-0.3, -0.25) is 0 Å². The summed E-state index contributed by atoms with van der Waals surface area (Å²) in [6, 6.07) is 11.1. The van der Waals surface area contributed by atoms with E-state index in [1.807, 2.05) is 28.8 Å². The number of alkyl halides is 3. The number of aromatic nitrogens is 2. The average Bonchev–Trinajstić information content (AvgIpc) is 2.87. The maximum Gasteiger partial charge on any atom is 0.573 e. The van der Waals surface area contributed by atoms with E-state index < -0.39 is 6.36 Å². The number of hydrogen-bond acceptors (Lipinski definition) is 3. The van der Waals surface area contributed by atoms with Crippen molar-refractivity contribution in [2.75, 3.05) is 5.32 Å². The molecule has 0 aliphatic rings. The third-order valence-corrected chi connectivity index (χ3v) is 2.78. The molecule has 2 heterocycles. The van der Waals surface area contributed by atoms with Gasteiger partial charge in [-0.05, 0) is 36.4 Å². The summed E-state index contributed by atoms with van der Waals surface area (Å²) in [5.74, 6) is 0.341. The first-order chi connectivity index (χ1) is 9.99. The molecule has 0 spiro atoms. The Morgan fingerprint density at radius 2 is 1.86 bits per heavy atom. The highest BCUT2D eigenvalue weighted by Crippen LogP contribution is 2.25. The van der Waals surface area contributed by atoms with Crippen LogP contribution in [0.25, 0.3) is 5.52 Å². The number of fused-ring (bicyclic) bond motifs is 1. The van der Waals surface area contributed by atoms with Gasteiger partial charge in [-0.15, -0.1) is 13.2 Å². The summed E-state index contributed by atoms with van der Waals surface area (Å²) in [5, 5.41) is 3.01. The second kappa shape index (κ2) is 5.01. The SMILES string of the molecule is FC(F)(F)Oc1ccc(Nc2cc3cccn3cn2)cc1. The number of hydrogen-bond donors (Lipinski definition) is 1. The number of halogens is 3. The molecule has 4 nitrogen and oxygen atoms in total. The molecule has 7 heteroatoms. The minimum atomic E-state index is -4.68. The summed E-state index contributed by atoms with van der Waals surface area (Å²) < 4.78 is 41.8. The molecule has 0 aliphatic carbocycles. The highest BCUT2D eigenvalue weighted by molar-refractivity contribution is 5.62. The molecule has 0 radical (unpaired) electrons. The van der Waals surface area contributed by atoms with Crippen molar-refractivity contribution in [2.24, 2.45) is 0 Å². The molecule has 1 N–H and O–H groups in total. The fraction of sp³-hybridized carbons (Fsp3) is 0.0714. The average molecular weight is 293 g/mol. The van der Waals surface area contributed by atoms with Crippen LogP contribution in [-0.4, -0.2) is 15.7 Å². The Balaban J connectivity index is 1.75. The number of benzene rings is 1. The van der Waals surface area contributed by atoms with Gasteiger partial charge in [0.05, 0.1) is 5.52 Å².